The molecule has 0 fully saturated rings. The van der Waals surface area contributed by atoms with E-state index in [9.17, 15) is 4.39 Å². The zero-order valence-electron chi connectivity index (χ0n) is 7.21. The molecule has 70 valence electrons. The third-order valence-corrected chi connectivity index (χ3v) is 2.10. The topological polar surface area (TPSA) is 44.5 Å². The normalized spacial score (nSPS) is 19.5. The fraction of sp³-hybridized carbons (Fsp3) is 0.333. The number of rotatable bonds is 1. The van der Waals surface area contributed by atoms with Gasteiger partial charge in [-0.1, -0.05) is 0 Å². The zero-order chi connectivity index (χ0) is 9.42. The third kappa shape index (κ3) is 1.23. The summed E-state index contributed by atoms with van der Waals surface area (Å²) in [6.07, 6.45) is 0. The second kappa shape index (κ2) is 2.88. The van der Waals surface area contributed by atoms with E-state index in [-0.39, 0.29) is 11.8 Å². The quantitative estimate of drug-likeness (QED) is 0.712. The summed E-state index contributed by atoms with van der Waals surface area (Å²) in [5.74, 6) is 0.306. The van der Waals surface area contributed by atoms with E-state index in [4.69, 9.17) is 15.2 Å². The molecule has 2 N–H and O–H groups in total. The van der Waals surface area contributed by atoms with Crippen LogP contribution in [0.2, 0.25) is 0 Å². The second-order valence-corrected chi connectivity index (χ2v) is 2.94. The average Bonchev–Trinajstić information content (AvgIpc) is 2.46. The van der Waals surface area contributed by atoms with Crippen molar-refractivity contribution in [3.63, 3.8) is 0 Å². The molecule has 0 spiro atoms. The lowest BCUT2D eigenvalue weighted by molar-refractivity contribution is 0.331. The van der Waals surface area contributed by atoms with Crippen molar-refractivity contribution in [1.82, 2.24) is 0 Å². The maximum absolute atomic E-state index is 13.1. The molecule has 2 rings (SSSR count). The van der Waals surface area contributed by atoms with Crippen LogP contribution in [0.5, 0.6) is 11.5 Å². The van der Waals surface area contributed by atoms with Gasteiger partial charge in [-0.3, -0.25) is 0 Å². The highest BCUT2D eigenvalue weighted by Gasteiger charge is 2.23. The van der Waals surface area contributed by atoms with E-state index in [1.165, 1.54) is 13.2 Å². The smallest absolute Gasteiger partial charge is 0.168 e. The van der Waals surface area contributed by atoms with Crippen LogP contribution < -0.4 is 15.2 Å². The molecular formula is C9H10FNO2. The summed E-state index contributed by atoms with van der Waals surface area (Å²) >= 11 is 0. The predicted octanol–water partition coefficient (Wildman–Crippen LogP) is 1.23. The van der Waals surface area contributed by atoms with Gasteiger partial charge in [0.05, 0.1) is 13.2 Å². The first-order chi connectivity index (χ1) is 6.22. The van der Waals surface area contributed by atoms with E-state index in [1.54, 1.807) is 6.07 Å². The summed E-state index contributed by atoms with van der Waals surface area (Å²) in [4.78, 5) is 0. The molecule has 1 aromatic rings. The molecule has 0 amide bonds. The highest BCUT2D eigenvalue weighted by Crippen LogP contribution is 2.35. The number of ether oxygens (including phenoxy) is 2. The van der Waals surface area contributed by atoms with Crippen molar-refractivity contribution in [2.24, 2.45) is 5.73 Å². The van der Waals surface area contributed by atoms with E-state index in [2.05, 4.69) is 0 Å². The zero-order valence-corrected chi connectivity index (χ0v) is 7.21. The third-order valence-electron chi connectivity index (χ3n) is 2.10. The van der Waals surface area contributed by atoms with Crippen LogP contribution in [0.3, 0.4) is 0 Å². The highest BCUT2D eigenvalue weighted by molar-refractivity contribution is 5.45. The molecule has 0 saturated heterocycles. The molecule has 1 heterocycles. The molecule has 1 aliphatic heterocycles. The summed E-state index contributed by atoms with van der Waals surface area (Å²) in [6, 6.07) is 2.72. The monoisotopic (exact) mass is 183 g/mol. The fourth-order valence-electron chi connectivity index (χ4n) is 1.39. The Bertz CT molecular complexity index is 341. The minimum Gasteiger partial charge on any atom is -0.494 e. The average molecular weight is 183 g/mol. The van der Waals surface area contributed by atoms with Crippen molar-refractivity contribution in [1.29, 1.82) is 0 Å². The Labute approximate surface area is 75.3 Å². The first-order valence-corrected chi connectivity index (χ1v) is 3.98. The SMILES string of the molecule is COc1cc2c(cc1F)OC[C@@H]2N. The van der Waals surface area contributed by atoms with Crippen molar-refractivity contribution in [2.75, 3.05) is 13.7 Å². The van der Waals surface area contributed by atoms with Crippen LogP contribution in [0, 0.1) is 5.82 Å². The molecule has 1 aromatic carbocycles. The van der Waals surface area contributed by atoms with Crippen LogP contribution in [0.15, 0.2) is 12.1 Å². The van der Waals surface area contributed by atoms with Crippen LogP contribution in [0.25, 0.3) is 0 Å². The second-order valence-electron chi connectivity index (χ2n) is 2.94. The molecule has 0 radical (unpaired) electrons. The standard InChI is InChI=1S/C9H10FNO2/c1-12-9-2-5-7(11)4-13-8(5)3-6(9)10/h2-3,7H,4,11H2,1H3/t7-/m0/s1. The van der Waals surface area contributed by atoms with Gasteiger partial charge in [0.25, 0.3) is 0 Å². The maximum atomic E-state index is 13.1. The van der Waals surface area contributed by atoms with Crippen LogP contribution in [-0.2, 0) is 0 Å². The number of methoxy groups -OCH3 is 1. The molecule has 0 saturated carbocycles. The Hall–Kier alpha value is -1.29. The summed E-state index contributed by atoms with van der Waals surface area (Å²) in [7, 11) is 1.42. The summed E-state index contributed by atoms with van der Waals surface area (Å²) in [5, 5.41) is 0. The van der Waals surface area contributed by atoms with Crippen molar-refractivity contribution in [3.8, 4) is 11.5 Å². The number of benzene rings is 1. The Morgan fingerprint density at radius 3 is 3.08 bits per heavy atom. The van der Waals surface area contributed by atoms with Gasteiger partial charge in [-0.05, 0) is 6.07 Å². The van der Waals surface area contributed by atoms with Gasteiger partial charge in [0, 0.05) is 11.6 Å². The lowest BCUT2D eigenvalue weighted by atomic mass is 10.1. The Kier molecular flexibility index (Phi) is 1.84. The number of hydrogen-bond acceptors (Lipinski definition) is 3. The van der Waals surface area contributed by atoms with Gasteiger partial charge in [-0.2, -0.15) is 0 Å². The molecule has 0 unspecified atom stereocenters. The first-order valence-electron chi connectivity index (χ1n) is 3.98. The van der Waals surface area contributed by atoms with Crippen molar-refractivity contribution in [3.05, 3.63) is 23.5 Å². The minimum atomic E-state index is -0.421. The number of nitrogens with two attached hydrogens (primary N) is 1. The fourth-order valence-corrected chi connectivity index (χ4v) is 1.39. The summed E-state index contributed by atoms with van der Waals surface area (Å²) in [5.41, 5.74) is 6.52. The summed E-state index contributed by atoms with van der Waals surface area (Å²) in [6.45, 7) is 0.405. The van der Waals surface area contributed by atoms with Gasteiger partial charge in [-0.25, -0.2) is 4.39 Å². The van der Waals surface area contributed by atoms with Gasteiger partial charge < -0.3 is 15.2 Å². The minimum absolute atomic E-state index is 0.176. The molecule has 4 heteroatoms. The highest BCUT2D eigenvalue weighted by atomic mass is 19.1. The predicted molar refractivity (Wildman–Crippen MR) is 45.4 cm³/mol. The van der Waals surface area contributed by atoms with E-state index < -0.39 is 5.82 Å². The Morgan fingerprint density at radius 1 is 1.62 bits per heavy atom. The van der Waals surface area contributed by atoms with E-state index >= 15 is 0 Å². The van der Waals surface area contributed by atoms with Crippen LogP contribution in [0.1, 0.15) is 11.6 Å². The molecule has 0 aromatic heterocycles. The lowest BCUT2D eigenvalue weighted by Gasteiger charge is -2.05. The largest absolute Gasteiger partial charge is 0.494 e. The molecule has 13 heavy (non-hydrogen) atoms. The van der Waals surface area contributed by atoms with Crippen molar-refractivity contribution < 1.29 is 13.9 Å². The van der Waals surface area contributed by atoms with Crippen LogP contribution in [-0.4, -0.2) is 13.7 Å². The van der Waals surface area contributed by atoms with Crippen LogP contribution in [0.4, 0.5) is 4.39 Å². The van der Waals surface area contributed by atoms with E-state index in [1.807, 2.05) is 0 Å². The lowest BCUT2D eigenvalue weighted by Crippen LogP contribution is -2.10. The number of hydrogen-bond donors (Lipinski definition) is 1. The molecule has 3 nitrogen and oxygen atoms in total. The van der Waals surface area contributed by atoms with Crippen molar-refractivity contribution >= 4 is 0 Å². The summed E-state index contributed by atoms with van der Waals surface area (Å²) < 4.78 is 23.1. The number of fused-ring (bicyclic) bond motifs is 1. The molecule has 0 aliphatic carbocycles. The van der Waals surface area contributed by atoms with Gasteiger partial charge in [0.2, 0.25) is 0 Å². The Morgan fingerprint density at radius 2 is 2.38 bits per heavy atom. The van der Waals surface area contributed by atoms with Gasteiger partial charge in [0.1, 0.15) is 12.4 Å². The van der Waals surface area contributed by atoms with E-state index in [0.29, 0.717) is 12.4 Å². The molecular weight excluding hydrogens is 173 g/mol. The first kappa shape index (κ1) is 8.31. The number of halogens is 1. The van der Waals surface area contributed by atoms with Gasteiger partial charge in [0.15, 0.2) is 11.6 Å². The van der Waals surface area contributed by atoms with Gasteiger partial charge in [-0.15, -0.1) is 0 Å². The molecule has 1 aliphatic rings. The van der Waals surface area contributed by atoms with E-state index in [0.717, 1.165) is 5.56 Å². The van der Waals surface area contributed by atoms with Crippen molar-refractivity contribution in [2.45, 2.75) is 6.04 Å². The Balaban J connectivity index is 2.51. The van der Waals surface area contributed by atoms with Crippen LogP contribution >= 0.6 is 0 Å². The molecule has 1 atom stereocenters. The maximum Gasteiger partial charge on any atom is 0.168 e. The van der Waals surface area contributed by atoms with Gasteiger partial charge >= 0.3 is 0 Å². The molecule has 0 bridgehead atoms.